The highest BCUT2D eigenvalue weighted by Gasteiger charge is 2.32. The molecule has 7 rings (SSSR count). The van der Waals surface area contributed by atoms with E-state index in [0.29, 0.717) is 22.3 Å². The van der Waals surface area contributed by atoms with Crippen LogP contribution < -0.4 is 10.6 Å². The fraction of sp³-hybridized carbons (Fsp3) is 0.136. The molecule has 2 N–H and O–H groups in total. The first-order valence-electron chi connectivity index (χ1n) is 17.1. The molecule has 0 atom stereocenters. The smallest absolute Gasteiger partial charge is 0.195 e. The third kappa shape index (κ3) is 9.77. The SMILES string of the molecule is CN(C)c1ccc(N=Nc2ccccc2)cc1.CSc1cccc2c1C(=O)c1cccc(SC)c1C2=O.Cc1cc(N=Nc2ccccc2C)ccc1N. The Bertz CT molecular complexity index is 2240. The number of hydrogen-bond donors (Lipinski definition) is 1. The van der Waals surface area contributed by atoms with E-state index in [9.17, 15) is 9.59 Å². The van der Waals surface area contributed by atoms with Crippen molar-refractivity contribution >= 4 is 69.2 Å². The summed E-state index contributed by atoms with van der Waals surface area (Å²) < 4.78 is 0. The van der Waals surface area contributed by atoms with Crippen molar-refractivity contribution in [1.82, 2.24) is 0 Å². The van der Waals surface area contributed by atoms with Crippen LogP contribution in [0.4, 0.5) is 34.1 Å². The molecule has 0 aromatic heterocycles. The highest BCUT2D eigenvalue weighted by Crippen LogP contribution is 2.36. The van der Waals surface area contributed by atoms with Gasteiger partial charge in [-0.05, 0) is 110 Å². The third-order valence-corrected chi connectivity index (χ3v) is 10.0. The minimum absolute atomic E-state index is 0.0459. The van der Waals surface area contributed by atoms with Crippen molar-refractivity contribution < 1.29 is 9.59 Å². The molecule has 0 amide bonds. The Hall–Kier alpha value is -5.84. The first-order valence-corrected chi connectivity index (χ1v) is 19.6. The van der Waals surface area contributed by atoms with Crippen LogP contribution in [0.5, 0.6) is 0 Å². The van der Waals surface area contributed by atoms with Gasteiger partial charge in [-0.2, -0.15) is 20.5 Å². The minimum atomic E-state index is -0.0459. The maximum atomic E-state index is 12.7. The second-order valence-corrected chi connectivity index (χ2v) is 14.1. The summed E-state index contributed by atoms with van der Waals surface area (Å²) in [5, 5.41) is 16.8. The highest BCUT2D eigenvalue weighted by atomic mass is 32.2. The fourth-order valence-corrected chi connectivity index (χ4v) is 6.70. The van der Waals surface area contributed by atoms with Crippen LogP contribution in [0.25, 0.3) is 0 Å². The van der Waals surface area contributed by atoms with Crippen LogP contribution in [-0.4, -0.2) is 38.2 Å². The molecule has 1 aliphatic carbocycles. The first kappa shape index (κ1) is 39.4. The molecule has 1 aliphatic rings. The van der Waals surface area contributed by atoms with E-state index in [1.807, 2.05) is 162 Å². The molecule has 0 fully saturated rings. The van der Waals surface area contributed by atoms with Crippen molar-refractivity contribution in [3.63, 3.8) is 0 Å². The van der Waals surface area contributed by atoms with Crippen LogP contribution in [0.3, 0.4) is 0 Å². The zero-order valence-electron chi connectivity index (χ0n) is 31.1. The van der Waals surface area contributed by atoms with Crippen molar-refractivity contribution in [3.05, 3.63) is 167 Å². The predicted octanol–water partition coefficient (Wildman–Crippen LogP) is 12.4. The number of azo groups is 2. The van der Waals surface area contributed by atoms with Crippen LogP contribution in [0.2, 0.25) is 0 Å². The molecule has 0 spiro atoms. The van der Waals surface area contributed by atoms with Gasteiger partial charge < -0.3 is 10.6 Å². The molecule has 0 heterocycles. The summed E-state index contributed by atoms with van der Waals surface area (Å²) in [4.78, 5) is 29.2. The lowest BCUT2D eigenvalue weighted by Gasteiger charge is -2.21. The lowest BCUT2D eigenvalue weighted by Crippen LogP contribution is -2.22. The highest BCUT2D eigenvalue weighted by molar-refractivity contribution is 7.99. The number of nitrogens with two attached hydrogens (primary N) is 1. The van der Waals surface area contributed by atoms with E-state index < -0.39 is 0 Å². The normalized spacial score (nSPS) is 11.7. The number of nitrogens with zero attached hydrogens (tertiary/aromatic N) is 5. The number of benzene rings is 6. The van der Waals surface area contributed by atoms with Crippen LogP contribution in [-0.2, 0) is 0 Å². The summed E-state index contributed by atoms with van der Waals surface area (Å²) in [5.74, 6) is -0.0918. The van der Waals surface area contributed by atoms with Crippen molar-refractivity contribution in [3.8, 4) is 0 Å². The van der Waals surface area contributed by atoms with E-state index in [4.69, 9.17) is 5.73 Å². The van der Waals surface area contributed by atoms with Gasteiger partial charge >= 0.3 is 0 Å². The molecule has 0 saturated heterocycles. The van der Waals surface area contributed by atoms with E-state index in [0.717, 1.165) is 55.0 Å². The van der Waals surface area contributed by atoms with Gasteiger partial charge in [-0.15, -0.1) is 23.5 Å². The molecular weight excluding hydrogens is 709 g/mol. The van der Waals surface area contributed by atoms with E-state index in [1.54, 1.807) is 12.1 Å². The molecule has 0 bridgehead atoms. The number of carbonyl (C=O) groups is 2. The van der Waals surface area contributed by atoms with Gasteiger partial charge in [-0.25, -0.2) is 0 Å². The Morgan fingerprint density at radius 1 is 0.519 bits per heavy atom. The van der Waals surface area contributed by atoms with Crippen molar-refractivity contribution in [2.75, 3.05) is 37.2 Å². The lowest BCUT2D eigenvalue weighted by molar-refractivity contribution is 0.0974. The maximum absolute atomic E-state index is 12.7. The molecule has 272 valence electrons. The number of nitrogen functional groups attached to an aromatic ring is 1. The Balaban J connectivity index is 0.000000157. The van der Waals surface area contributed by atoms with Gasteiger partial charge in [0.15, 0.2) is 11.6 Å². The Morgan fingerprint density at radius 2 is 1.02 bits per heavy atom. The Kier molecular flexibility index (Phi) is 13.7. The van der Waals surface area contributed by atoms with Gasteiger partial charge in [0.25, 0.3) is 0 Å². The van der Waals surface area contributed by atoms with Crippen molar-refractivity contribution in [2.45, 2.75) is 23.6 Å². The quantitative estimate of drug-likeness (QED) is 0.0986. The number of thioether (sulfide) groups is 2. The summed E-state index contributed by atoms with van der Waals surface area (Å²) in [6, 6.07) is 42.2. The minimum Gasteiger partial charge on any atom is -0.399 e. The monoisotopic (exact) mass is 750 g/mol. The molecule has 6 aromatic rings. The number of hydrogen-bond acceptors (Lipinski definition) is 10. The summed E-state index contributed by atoms with van der Waals surface area (Å²) in [5.41, 5.74) is 15.4. The van der Waals surface area contributed by atoms with Gasteiger partial charge in [0.05, 0.1) is 22.7 Å². The van der Waals surface area contributed by atoms with Gasteiger partial charge in [0, 0.05) is 57.5 Å². The third-order valence-electron chi connectivity index (χ3n) is 8.48. The molecule has 0 saturated carbocycles. The number of ketones is 2. The van der Waals surface area contributed by atoms with E-state index in [-0.39, 0.29) is 11.6 Å². The average molecular weight is 751 g/mol. The van der Waals surface area contributed by atoms with Crippen LogP contribution in [0.1, 0.15) is 43.0 Å². The van der Waals surface area contributed by atoms with Gasteiger partial charge in [-0.3, -0.25) is 9.59 Å². The van der Waals surface area contributed by atoms with Gasteiger partial charge in [-0.1, -0.05) is 60.7 Å². The molecule has 0 radical (unpaired) electrons. The number of fused-ring (bicyclic) bond motifs is 2. The van der Waals surface area contributed by atoms with E-state index in [1.165, 1.54) is 23.5 Å². The second-order valence-electron chi connectivity index (χ2n) is 12.4. The van der Waals surface area contributed by atoms with E-state index >= 15 is 0 Å². The molecule has 0 unspecified atom stereocenters. The van der Waals surface area contributed by atoms with Gasteiger partial charge in [0.2, 0.25) is 0 Å². The number of anilines is 2. The van der Waals surface area contributed by atoms with Gasteiger partial charge in [0.1, 0.15) is 0 Å². The van der Waals surface area contributed by atoms with E-state index in [2.05, 4.69) is 25.4 Å². The number of aryl methyl sites for hydroxylation is 2. The summed E-state index contributed by atoms with van der Waals surface area (Å²) in [6.07, 6.45) is 3.84. The van der Waals surface area contributed by atoms with Crippen molar-refractivity contribution in [1.29, 1.82) is 0 Å². The molecule has 10 heteroatoms. The Labute approximate surface area is 325 Å². The van der Waals surface area contributed by atoms with Crippen LogP contribution in [0, 0.1) is 13.8 Å². The Morgan fingerprint density at radius 3 is 1.54 bits per heavy atom. The summed E-state index contributed by atoms with van der Waals surface area (Å²) >= 11 is 2.99. The predicted molar refractivity (Wildman–Crippen MR) is 226 cm³/mol. The molecule has 0 aliphatic heterocycles. The molecular formula is C44H42N6O2S2. The number of rotatable bonds is 7. The maximum Gasteiger partial charge on any atom is 0.195 e. The van der Waals surface area contributed by atoms with Crippen molar-refractivity contribution in [2.24, 2.45) is 20.5 Å². The largest absolute Gasteiger partial charge is 0.399 e. The molecule has 8 nitrogen and oxygen atoms in total. The lowest BCUT2D eigenvalue weighted by atomic mass is 9.84. The standard InChI is InChI=1S/C16H12O2S2.2C14H15N3/c1-19-11-7-3-5-9-13(11)15(17)10-6-4-8-12(20-2)14(10)16(9)18;1-10-5-3-4-6-14(10)17-16-12-7-8-13(15)11(2)9-12;1-17(2)14-10-8-13(9-11-14)16-15-12-6-4-3-5-7-12/h3-8H,1-2H3;3-9H,15H2,1-2H3;3-11H,1-2H3. The summed E-state index contributed by atoms with van der Waals surface area (Å²) in [6.45, 7) is 3.98. The second kappa shape index (κ2) is 18.8. The zero-order valence-corrected chi connectivity index (χ0v) is 32.8. The topological polar surface area (TPSA) is 113 Å². The molecule has 54 heavy (non-hydrogen) atoms. The molecule has 6 aromatic carbocycles. The fourth-order valence-electron chi connectivity index (χ4n) is 5.46. The zero-order chi connectivity index (χ0) is 38.6. The van der Waals surface area contributed by atoms with Crippen LogP contribution >= 0.6 is 23.5 Å². The first-order chi connectivity index (χ1) is 26.1. The number of carbonyl (C=O) groups excluding carboxylic acids is 2. The van der Waals surface area contributed by atoms with Crippen LogP contribution in [0.15, 0.2) is 164 Å². The average Bonchev–Trinajstić information content (AvgIpc) is 3.20. The summed E-state index contributed by atoms with van der Waals surface area (Å²) in [7, 11) is 4.03.